The van der Waals surface area contributed by atoms with Gasteiger partial charge in [0.05, 0.1) is 15.9 Å². The number of imidazole rings is 1. The van der Waals surface area contributed by atoms with Gasteiger partial charge in [0, 0.05) is 24.6 Å². The summed E-state index contributed by atoms with van der Waals surface area (Å²) in [6.07, 6.45) is 2.80. The summed E-state index contributed by atoms with van der Waals surface area (Å²) in [5.41, 5.74) is 1.89. The van der Waals surface area contributed by atoms with E-state index in [1.54, 1.807) is 42.6 Å². The van der Waals surface area contributed by atoms with Gasteiger partial charge < -0.3 is 14.5 Å². The molecule has 5 rings (SSSR count). The predicted molar refractivity (Wildman–Crippen MR) is 125 cm³/mol. The lowest BCUT2D eigenvalue weighted by Gasteiger charge is -2.13. The fraction of sp³-hybridized carbons (Fsp3) is 0.0400. The number of nitrogens with one attached hydrogen (secondary N) is 1. The van der Waals surface area contributed by atoms with E-state index in [1.807, 2.05) is 18.2 Å². The van der Waals surface area contributed by atoms with Crippen molar-refractivity contribution in [2.24, 2.45) is 0 Å². The number of H-pyrrole nitrogens is 1. The summed E-state index contributed by atoms with van der Waals surface area (Å²) < 4.78 is 49.6. The quantitative estimate of drug-likeness (QED) is 0.336. The van der Waals surface area contributed by atoms with Crippen LogP contribution in [0.2, 0.25) is 0 Å². The van der Waals surface area contributed by atoms with Gasteiger partial charge in [0.15, 0.2) is 38.7 Å². The lowest BCUT2D eigenvalue weighted by molar-refractivity contribution is 0.402. The lowest BCUT2D eigenvalue weighted by Crippen LogP contribution is -1.97. The van der Waals surface area contributed by atoms with Gasteiger partial charge in [-0.3, -0.25) is 4.98 Å². The standard InChI is InChI=1S/C25H18FN3O4S/c1-34(30,31)17-11-9-16(10-12-17)32-23-14-20-21(29-25(28-20)19-7-4-5-13-27-19)15-24(23)33-22-8-3-2-6-18(22)26/h2-15H,1H3,(H,28,29). The number of hydrogen-bond acceptors (Lipinski definition) is 6. The lowest BCUT2D eigenvalue weighted by atomic mass is 10.2. The smallest absolute Gasteiger partial charge is 0.175 e. The molecule has 9 heteroatoms. The average molecular weight is 476 g/mol. The molecule has 0 unspecified atom stereocenters. The van der Waals surface area contributed by atoms with Gasteiger partial charge in [-0.2, -0.15) is 0 Å². The molecule has 0 bridgehead atoms. The van der Waals surface area contributed by atoms with E-state index >= 15 is 0 Å². The maximum atomic E-state index is 14.3. The van der Waals surface area contributed by atoms with E-state index < -0.39 is 15.7 Å². The summed E-state index contributed by atoms with van der Waals surface area (Å²) >= 11 is 0. The first-order valence-corrected chi connectivity index (χ1v) is 12.1. The minimum atomic E-state index is -3.34. The summed E-state index contributed by atoms with van der Waals surface area (Å²) in [6.45, 7) is 0. The van der Waals surface area contributed by atoms with Crippen molar-refractivity contribution in [3.8, 4) is 34.5 Å². The second kappa shape index (κ2) is 8.60. The second-order valence-electron chi connectivity index (χ2n) is 7.49. The molecule has 5 aromatic rings. The number of hydrogen-bond donors (Lipinski definition) is 1. The molecule has 0 aliphatic carbocycles. The molecule has 170 valence electrons. The molecule has 0 saturated carbocycles. The first kappa shape index (κ1) is 21.6. The van der Waals surface area contributed by atoms with E-state index in [2.05, 4.69) is 15.0 Å². The number of pyridine rings is 1. The van der Waals surface area contributed by atoms with Crippen LogP contribution in [0, 0.1) is 5.82 Å². The van der Waals surface area contributed by atoms with Crippen molar-refractivity contribution in [2.45, 2.75) is 4.90 Å². The van der Waals surface area contributed by atoms with Crippen molar-refractivity contribution in [2.75, 3.05) is 6.26 Å². The molecule has 2 heterocycles. The van der Waals surface area contributed by atoms with Gasteiger partial charge in [-0.25, -0.2) is 17.8 Å². The zero-order valence-electron chi connectivity index (χ0n) is 17.9. The van der Waals surface area contributed by atoms with Crippen LogP contribution in [-0.2, 0) is 9.84 Å². The van der Waals surface area contributed by atoms with E-state index in [0.717, 1.165) is 6.26 Å². The highest BCUT2D eigenvalue weighted by Crippen LogP contribution is 2.39. The van der Waals surface area contributed by atoms with Crippen LogP contribution in [0.5, 0.6) is 23.0 Å². The van der Waals surface area contributed by atoms with E-state index in [4.69, 9.17) is 9.47 Å². The van der Waals surface area contributed by atoms with E-state index in [0.29, 0.717) is 34.1 Å². The van der Waals surface area contributed by atoms with Gasteiger partial charge in [-0.15, -0.1) is 0 Å². The molecule has 0 amide bonds. The highest BCUT2D eigenvalue weighted by atomic mass is 32.2. The number of para-hydroxylation sites is 1. The summed E-state index contributed by atoms with van der Waals surface area (Å²) in [7, 11) is -3.34. The second-order valence-corrected chi connectivity index (χ2v) is 9.51. The third kappa shape index (κ3) is 4.46. The van der Waals surface area contributed by atoms with Gasteiger partial charge in [0.25, 0.3) is 0 Å². The van der Waals surface area contributed by atoms with E-state index in [-0.39, 0.29) is 16.4 Å². The van der Waals surface area contributed by atoms with E-state index in [1.165, 1.54) is 24.3 Å². The molecule has 34 heavy (non-hydrogen) atoms. The van der Waals surface area contributed by atoms with Crippen LogP contribution in [0.25, 0.3) is 22.6 Å². The Morgan fingerprint density at radius 1 is 0.853 bits per heavy atom. The van der Waals surface area contributed by atoms with Crippen LogP contribution in [-0.4, -0.2) is 29.6 Å². The molecular formula is C25H18FN3O4S. The number of fused-ring (bicyclic) bond motifs is 1. The first-order valence-electron chi connectivity index (χ1n) is 10.2. The van der Waals surface area contributed by atoms with Gasteiger partial charge >= 0.3 is 0 Å². The largest absolute Gasteiger partial charge is 0.453 e. The first-order chi connectivity index (χ1) is 16.4. The molecule has 2 aromatic heterocycles. The summed E-state index contributed by atoms with van der Waals surface area (Å²) in [6, 6.07) is 20.9. The Morgan fingerprint density at radius 3 is 2.29 bits per heavy atom. The topological polar surface area (TPSA) is 94.2 Å². The Labute approximate surface area is 194 Å². The van der Waals surface area contributed by atoms with Crippen LogP contribution in [0.1, 0.15) is 0 Å². The zero-order chi connectivity index (χ0) is 23.7. The highest BCUT2D eigenvalue weighted by Gasteiger charge is 2.16. The molecule has 7 nitrogen and oxygen atoms in total. The number of ether oxygens (including phenoxy) is 2. The van der Waals surface area contributed by atoms with E-state index in [9.17, 15) is 12.8 Å². The molecule has 0 aliphatic heterocycles. The molecule has 0 atom stereocenters. The maximum absolute atomic E-state index is 14.3. The monoisotopic (exact) mass is 475 g/mol. The Morgan fingerprint density at radius 2 is 1.59 bits per heavy atom. The molecule has 1 N–H and O–H groups in total. The molecular weight excluding hydrogens is 457 g/mol. The van der Waals surface area contributed by atoms with Crippen molar-refractivity contribution in [3.05, 3.63) is 90.9 Å². The van der Waals surface area contributed by atoms with Crippen molar-refractivity contribution in [1.29, 1.82) is 0 Å². The summed E-state index contributed by atoms with van der Waals surface area (Å²) in [4.78, 5) is 12.3. The van der Waals surface area contributed by atoms with Crippen molar-refractivity contribution in [1.82, 2.24) is 15.0 Å². The number of halogens is 1. The Kier molecular flexibility index (Phi) is 5.46. The third-order valence-corrected chi connectivity index (χ3v) is 6.12. The SMILES string of the molecule is CS(=O)(=O)c1ccc(Oc2cc3[nH]c(-c4ccccn4)nc3cc2Oc2ccccc2F)cc1. The number of sulfone groups is 1. The fourth-order valence-electron chi connectivity index (χ4n) is 3.33. The summed E-state index contributed by atoms with van der Waals surface area (Å²) in [5.74, 6) is 0.974. The number of rotatable bonds is 6. The number of aromatic amines is 1. The Hall–Kier alpha value is -4.24. The molecule has 0 aliphatic rings. The zero-order valence-corrected chi connectivity index (χ0v) is 18.7. The van der Waals surface area contributed by atoms with Gasteiger partial charge in [0.2, 0.25) is 0 Å². The number of nitrogens with zero attached hydrogens (tertiary/aromatic N) is 2. The molecule has 0 spiro atoms. The summed E-state index contributed by atoms with van der Waals surface area (Å²) in [5, 5.41) is 0. The van der Waals surface area contributed by atoms with Gasteiger partial charge in [-0.05, 0) is 48.5 Å². The van der Waals surface area contributed by atoms with Crippen molar-refractivity contribution in [3.63, 3.8) is 0 Å². The average Bonchev–Trinajstić information content (AvgIpc) is 3.24. The number of aromatic nitrogens is 3. The van der Waals surface area contributed by atoms with Crippen molar-refractivity contribution >= 4 is 20.9 Å². The Bertz CT molecular complexity index is 1580. The minimum Gasteiger partial charge on any atom is -0.453 e. The number of benzene rings is 3. The van der Waals surface area contributed by atoms with Crippen LogP contribution >= 0.6 is 0 Å². The molecule has 3 aromatic carbocycles. The molecule has 0 saturated heterocycles. The van der Waals surface area contributed by atoms with Crippen LogP contribution in [0.4, 0.5) is 4.39 Å². The Balaban J connectivity index is 1.57. The van der Waals surface area contributed by atoms with Gasteiger partial charge in [-0.1, -0.05) is 18.2 Å². The van der Waals surface area contributed by atoms with Crippen molar-refractivity contribution < 1.29 is 22.3 Å². The van der Waals surface area contributed by atoms with Gasteiger partial charge in [0.1, 0.15) is 11.4 Å². The maximum Gasteiger partial charge on any atom is 0.175 e. The molecule has 0 fully saturated rings. The third-order valence-electron chi connectivity index (χ3n) is 4.99. The predicted octanol–water partition coefficient (Wildman–Crippen LogP) is 5.75. The minimum absolute atomic E-state index is 0.0274. The van der Waals surface area contributed by atoms with Crippen LogP contribution < -0.4 is 9.47 Å². The normalized spacial score (nSPS) is 11.5. The highest BCUT2D eigenvalue weighted by molar-refractivity contribution is 7.90. The fourth-order valence-corrected chi connectivity index (χ4v) is 3.96. The molecule has 0 radical (unpaired) electrons. The van der Waals surface area contributed by atoms with Crippen LogP contribution in [0.15, 0.2) is 90.0 Å². The van der Waals surface area contributed by atoms with Crippen LogP contribution in [0.3, 0.4) is 0 Å².